The minimum absolute atomic E-state index is 0.106. The van der Waals surface area contributed by atoms with E-state index in [1.165, 1.54) is 11.3 Å². The lowest BCUT2D eigenvalue weighted by atomic mass is 10.4. The number of ether oxygens (including phenoxy) is 2. The van der Waals surface area contributed by atoms with Gasteiger partial charge >= 0.3 is 0 Å². The molecule has 0 bridgehead atoms. The van der Waals surface area contributed by atoms with E-state index in [4.69, 9.17) is 9.47 Å². The van der Waals surface area contributed by atoms with E-state index in [1.807, 2.05) is 0 Å². The Kier molecular flexibility index (Phi) is 7.43. The van der Waals surface area contributed by atoms with Crippen LogP contribution in [0.5, 0.6) is 0 Å². The SMILES string of the molecule is O=C(NCCN1CCOCC1)c1csc(NCCN2CCOCC2)n1. The van der Waals surface area contributed by atoms with E-state index in [0.717, 1.165) is 77.4 Å². The summed E-state index contributed by atoms with van der Waals surface area (Å²) in [6.45, 7) is 10.3. The highest BCUT2D eigenvalue weighted by molar-refractivity contribution is 7.13. The second-order valence-corrected chi connectivity index (χ2v) is 6.99. The Balaban J connectivity index is 1.33. The van der Waals surface area contributed by atoms with Crippen molar-refractivity contribution in [2.45, 2.75) is 0 Å². The van der Waals surface area contributed by atoms with Crippen LogP contribution >= 0.6 is 11.3 Å². The normalized spacial score (nSPS) is 19.7. The number of carbonyl (C=O) groups is 1. The standard InChI is InChI=1S/C16H27N5O3S/c22-15(17-1-3-20-5-9-23-10-6-20)14-13-25-16(19-14)18-2-4-21-7-11-24-12-8-21/h13H,1-12H2,(H,17,22)(H,18,19). The van der Waals surface area contributed by atoms with Crippen LogP contribution in [0.25, 0.3) is 0 Å². The number of hydrogen-bond acceptors (Lipinski definition) is 8. The van der Waals surface area contributed by atoms with Crippen molar-refractivity contribution < 1.29 is 14.3 Å². The average molecular weight is 369 g/mol. The van der Waals surface area contributed by atoms with Gasteiger partial charge in [0, 0.05) is 57.7 Å². The zero-order valence-corrected chi connectivity index (χ0v) is 15.4. The van der Waals surface area contributed by atoms with Crippen LogP contribution in [0.4, 0.5) is 5.13 Å². The zero-order valence-electron chi connectivity index (χ0n) is 14.5. The Morgan fingerprint density at radius 3 is 2.28 bits per heavy atom. The summed E-state index contributed by atoms with van der Waals surface area (Å²) in [5, 5.41) is 8.84. The lowest BCUT2D eigenvalue weighted by Crippen LogP contribution is -2.41. The van der Waals surface area contributed by atoms with Gasteiger partial charge in [-0.15, -0.1) is 11.3 Å². The maximum Gasteiger partial charge on any atom is 0.270 e. The van der Waals surface area contributed by atoms with Crippen molar-refractivity contribution >= 4 is 22.4 Å². The van der Waals surface area contributed by atoms with Crippen LogP contribution in [0.15, 0.2) is 5.38 Å². The molecule has 1 aromatic heterocycles. The molecule has 3 rings (SSSR count). The van der Waals surface area contributed by atoms with Crippen molar-refractivity contribution in [1.82, 2.24) is 20.1 Å². The highest BCUT2D eigenvalue weighted by Crippen LogP contribution is 2.15. The monoisotopic (exact) mass is 369 g/mol. The minimum Gasteiger partial charge on any atom is -0.379 e. The molecule has 1 amide bonds. The predicted octanol–water partition coefficient (Wildman–Crippen LogP) is -0.0508. The maximum atomic E-state index is 12.2. The summed E-state index contributed by atoms with van der Waals surface area (Å²) < 4.78 is 10.7. The van der Waals surface area contributed by atoms with Crippen molar-refractivity contribution in [2.24, 2.45) is 0 Å². The van der Waals surface area contributed by atoms with E-state index in [9.17, 15) is 4.79 Å². The maximum absolute atomic E-state index is 12.2. The molecular formula is C16H27N5O3S. The fourth-order valence-corrected chi connectivity index (χ4v) is 3.57. The summed E-state index contributed by atoms with van der Waals surface area (Å²) in [7, 11) is 0. The first-order valence-corrected chi connectivity index (χ1v) is 9.77. The number of hydrogen-bond donors (Lipinski definition) is 2. The van der Waals surface area contributed by atoms with Crippen LogP contribution in [0.3, 0.4) is 0 Å². The zero-order chi connectivity index (χ0) is 17.3. The average Bonchev–Trinajstić information content (AvgIpc) is 3.12. The number of nitrogens with zero attached hydrogens (tertiary/aromatic N) is 3. The summed E-state index contributed by atoms with van der Waals surface area (Å²) in [6.07, 6.45) is 0. The van der Waals surface area contributed by atoms with Gasteiger partial charge < -0.3 is 20.1 Å². The van der Waals surface area contributed by atoms with Gasteiger partial charge in [-0.3, -0.25) is 14.6 Å². The van der Waals surface area contributed by atoms with E-state index < -0.39 is 0 Å². The second-order valence-electron chi connectivity index (χ2n) is 6.13. The molecule has 0 spiro atoms. The molecule has 3 heterocycles. The third kappa shape index (κ3) is 6.19. The number of carbonyl (C=O) groups excluding carboxylic acids is 1. The molecule has 25 heavy (non-hydrogen) atoms. The fourth-order valence-electron chi connectivity index (χ4n) is 2.85. The molecule has 2 N–H and O–H groups in total. The van der Waals surface area contributed by atoms with Gasteiger partial charge in [0.15, 0.2) is 5.13 Å². The van der Waals surface area contributed by atoms with Crippen LogP contribution in [0.2, 0.25) is 0 Å². The minimum atomic E-state index is -0.106. The summed E-state index contributed by atoms with van der Waals surface area (Å²) in [5.41, 5.74) is 0.487. The van der Waals surface area contributed by atoms with Gasteiger partial charge in [0.2, 0.25) is 0 Å². The molecule has 2 saturated heterocycles. The van der Waals surface area contributed by atoms with Crippen molar-refractivity contribution in [3.63, 3.8) is 0 Å². The van der Waals surface area contributed by atoms with Crippen LogP contribution in [-0.4, -0.2) is 99.5 Å². The molecule has 2 aliphatic heterocycles. The lowest BCUT2D eigenvalue weighted by Gasteiger charge is -2.26. The van der Waals surface area contributed by atoms with E-state index >= 15 is 0 Å². The summed E-state index contributed by atoms with van der Waals surface area (Å²) in [5.74, 6) is -0.106. The summed E-state index contributed by atoms with van der Waals surface area (Å²) in [4.78, 5) is 21.2. The lowest BCUT2D eigenvalue weighted by molar-refractivity contribution is 0.0383. The molecular weight excluding hydrogens is 342 g/mol. The van der Waals surface area contributed by atoms with Crippen LogP contribution in [0, 0.1) is 0 Å². The number of aromatic nitrogens is 1. The first kappa shape index (κ1) is 18.5. The van der Waals surface area contributed by atoms with Crippen molar-refractivity contribution in [3.05, 3.63) is 11.1 Å². The molecule has 0 saturated carbocycles. The molecule has 0 unspecified atom stereocenters. The first-order chi connectivity index (χ1) is 12.3. The second kappa shape index (κ2) is 10.0. The molecule has 140 valence electrons. The number of nitrogens with one attached hydrogen (secondary N) is 2. The molecule has 9 heteroatoms. The first-order valence-electron chi connectivity index (χ1n) is 8.89. The molecule has 8 nitrogen and oxygen atoms in total. The van der Waals surface area contributed by atoms with E-state index in [0.29, 0.717) is 12.2 Å². The number of anilines is 1. The Morgan fingerprint density at radius 2 is 1.64 bits per heavy atom. The van der Waals surface area contributed by atoms with E-state index in [1.54, 1.807) is 5.38 Å². The molecule has 0 aliphatic carbocycles. The highest BCUT2D eigenvalue weighted by Gasteiger charge is 2.13. The number of amides is 1. The van der Waals surface area contributed by atoms with E-state index in [-0.39, 0.29) is 5.91 Å². The Morgan fingerprint density at radius 1 is 1.04 bits per heavy atom. The van der Waals surface area contributed by atoms with Gasteiger partial charge in [0.05, 0.1) is 26.4 Å². The predicted molar refractivity (Wildman–Crippen MR) is 97.5 cm³/mol. The third-order valence-corrected chi connectivity index (χ3v) is 5.16. The molecule has 2 aliphatic rings. The number of morpholine rings is 2. The smallest absolute Gasteiger partial charge is 0.270 e. The van der Waals surface area contributed by atoms with E-state index in [2.05, 4.69) is 25.4 Å². The largest absolute Gasteiger partial charge is 0.379 e. The third-order valence-electron chi connectivity index (χ3n) is 4.36. The van der Waals surface area contributed by atoms with Gasteiger partial charge in [-0.25, -0.2) is 4.98 Å². The van der Waals surface area contributed by atoms with Crippen LogP contribution in [0.1, 0.15) is 10.5 Å². The van der Waals surface area contributed by atoms with Crippen molar-refractivity contribution in [2.75, 3.05) is 84.1 Å². The topological polar surface area (TPSA) is 79.0 Å². The Bertz CT molecular complexity index is 530. The molecule has 1 aromatic rings. The van der Waals surface area contributed by atoms with Crippen molar-refractivity contribution in [3.8, 4) is 0 Å². The Labute approximate surface area is 152 Å². The van der Waals surface area contributed by atoms with Crippen molar-refractivity contribution in [1.29, 1.82) is 0 Å². The van der Waals surface area contributed by atoms with Crippen LogP contribution < -0.4 is 10.6 Å². The highest BCUT2D eigenvalue weighted by atomic mass is 32.1. The van der Waals surface area contributed by atoms with Gasteiger partial charge in [-0.2, -0.15) is 0 Å². The number of rotatable bonds is 8. The summed E-state index contributed by atoms with van der Waals surface area (Å²) in [6, 6.07) is 0. The number of thiazole rings is 1. The fraction of sp³-hybridized carbons (Fsp3) is 0.750. The molecule has 0 aromatic carbocycles. The summed E-state index contributed by atoms with van der Waals surface area (Å²) >= 11 is 1.47. The van der Waals surface area contributed by atoms with Gasteiger partial charge in [-0.05, 0) is 0 Å². The van der Waals surface area contributed by atoms with Gasteiger partial charge in [-0.1, -0.05) is 0 Å². The molecule has 0 radical (unpaired) electrons. The molecule has 0 atom stereocenters. The quantitative estimate of drug-likeness (QED) is 0.665. The van der Waals surface area contributed by atoms with Crippen LogP contribution in [-0.2, 0) is 9.47 Å². The van der Waals surface area contributed by atoms with Gasteiger partial charge in [0.1, 0.15) is 5.69 Å². The van der Waals surface area contributed by atoms with Gasteiger partial charge in [0.25, 0.3) is 5.91 Å². The Hall–Kier alpha value is -1.26. The molecule has 2 fully saturated rings.